The highest BCUT2D eigenvalue weighted by atomic mass is 127. The van der Waals surface area contributed by atoms with Crippen molar-refractivity contribution in [3.05, 3.63) is 17.0 Å². The number of hydrogen-bond acceptors (Lipinski definition) is 4. The molecule has 0 aliphatic carbocycles. The highest BCUT2D eigenvalue weighted by Crippen LogP contribution is 2.17. The van der Waals surface area contributed by atoms with Crippen molar-refractivity contribution in [2.45, 2.75) is 59.0 Å². The Labute approximate surface area is 185 Å². The van der Waals surface area contributed by atoms with Crippen molar-refractivity contribution in [1.82, 2.24) is 25.3 Å². The van der Waals surface area contributed by atoms with Crippen LogP contribution in [0.25, 0.3) is 0 Å². The van der Waals surface area contributed by atoms with Crippen LogP contribution in [0.1, 0.15) is 50.6 Å². The minimum Gasteiger partial charge on any atom is -0.453 e. The van der Waals surface area contributed by atoms with Crippen molar-refractivity contribution in [1.29, 1.82) is 0 Å². The van der Waals surface area contributed by atoms with Gasteiger partial charge in [-0.1, -0.05) is 13.8 Å². The van der Waals surface area contributed by atoms with E-state index in [2.05, 4.69) is 36.5 Å². The summed E-state index contributed by atoms with van der Waals surface area (Å²) < 4.78 is 6.78. The van der Waals surface area contributed by atoms with Crippen molar-refractivity contribution in [3.63, 3.8) is 0 Å². The van der Waals surface area contributed by atoms with Crippen LogP contribution in [-0.2, 0) is 31.2 Å². The second kappa shape index (κ2) is 12.1. The minimum absolute atomic E-state index is 0. The highest BCUT2D eigenvalue weighted by molar-refractivity contribution is 14.0. The molecule has 28 heavy (non-hydrogen) atoms. The van der Waals surface area contributed by atoms with E-state index in [1.54, 1.807) is 4.90 Å². The van der Waals surface area contributed by atoms with Gasteiger partial charge in [-0.05, 0) is 32.6 Å². The molecule has 1 aromatic rings. The Morgan fingerprint density at radius 3 is 2.46 bits per heavy atom. The Hall–Kier alpha value is -1.52. The molecule has 2 heterocycles. The number of hydrogen-bond donors (Lipinski definition) is 2. The zero-order chi connectivity index (χ0) is 19.8. The second-order valence-corrected chi connectivity index (χ2v) is 6.77. The van der Waals surface area contributed by atoms with Gasteiger partial charge in [0.05, 0.1) is 19.3 Å². The lowest BCUT2D eigenvalue weighted by molar-refractivity contribution is 0.111. The van der Waals surface area contributed by atoms with Gasteiger partial charge in [0.15, 0.2) is 5.96 Å². The van der Waals surface area contributed by atoms with Crippen LogP contribution < -0.4 is 10.6 Å². The average Bonchev–Trinajstić information content (AvgIpc) is 3.00. The molecule has 9 heteroatoms. The Bertz CT molecular complexity index is 653. The fraction of sp³-hybridized carbons (Fsp3) is 0.737. The molecule has 1 amide bonds. The number of aryl methyl sites for hydroxylation is 2. The number of halogens is 1. The molecular formula is C19H35IN6O2. The van der Waals surface area contributed by atoms with Crippen LogP contribution in [0, 0.1) is 0 Å². The third-order valence-electron chi connectivity index (χ3n) is 5.04. The number of piperidine rings is 1. The summed E-state index contributed by atoms with van der Waals surface area (Å²) in [5, 5.41) is 11.5. The van der Waals surface area contributed by atoms with Crippen molar-refractivity contribution < 1.29 is 9.53 Å². The molecule has 0 aromatic carbocycles. The van der Waals surface area contributed by atoms with Gasteiger partial charge in [0.2, 0.25) is 0 Å². The van der Waals surface area contributed by atoms with Crippen LogP contribution in [0.2, 0.25) is 0 Å². The molecule has 1 aliphatic rings. The first kappa shape index (κ1) is 24.5. The summed E-state index contributed by atoms with van der Waals surface area (Å²) in [6, 6.07) is 0.300. The van der Waals surface area contributed by atoms with E-state index >= 15 is 0 Å². The number of guanidine groups is 1. The molecule has 0 bridgehead atoms. The lowest BCUT2D eigenvalue weighted by Gasteiger charge is -2.32. The first-order valence-corrected chi connectivity index (χ1v) is 9.95. The fourth-order valence-corrected chi connectivity index (χ4v) is 3.58. The molecule has 0 radical (unpaired) electrons. The molecule has 2 rings (SSSR count). The predicted octanol–water partition coefficient (Wildman–Crippen LogP) is 2.45. The number of rotatable bonds is 6. The molecule has 1 aromatic heterocycles. The summed E-state index contributed by atoms with van der Waals surface area (Å²) in [5.74, 6) is 0.821. The van der Waals surface area contributed by atoms with Gasteiger partial charge in [0.1, 0.15) is 0 Å². The molecule has 0 atom stereocenters. The number of amides is 1. The molecule has 8 nitrogen and oxygen atoms in total. The highest BCUT2D eigenvalue weighted by Gasteiger charge is 2.23. The third-order valence-corrected chi connectivity index (χ3v) is 5.04. The van der Waals surface area contributed by atoms with E-state index in [0.29, 0.717) is 25.7 Å². The van der Waals surface area contributed by atoms with E-state index < -0.39 is 0 Å². The van der Waals surface area contributed by atoms with Crippen LogP contribution in [-0.4, -0.2) is 59.5 Å². The van der Waals surface area contributed by atoms with Gasteiger partial charge in [0, 0.05) is 44.0 Å². The zero-order valence-corrected chi connectivity index (χ0v) is 20.1. The van der Waals surface area contributed by atoms with Gasteiger partial charge < -0.3 is 20.3 Å². The molecule has 1 aliphatic heterocycles. The number of carbonyl (C=O) groups excluding carboxylic acids is 1. The van der Waals surface area contributed by atoms with Gasteiger partial charge in [-0.2, -0.15) is 5.10 Å². The van der Waals surface area contributed by atoms with Crippen molar-refractivity contribution in [3.8, 4) is 0 Å². The first-order chi connectivity index (χ1) is 13.0. The van der Waals surface area contributed by atoms with E-state index in [1.807, 2.05) is 11.7 Å². The topological polar surface area (TPSA) is 83.8 Å². The number of aromatic nitrogens is 2. The van der Waals surface area contributed by atoms with Gasteiger partial charge in [-0.25, -0.2) is 9.79 Å². The molecule has 2 N–H and O–H groups in total. The Morgan fingerprint density at radius 1 is 1.25 bits per heavy atom. The Kier molecular flexibility index (Phi) is 10.6. The van der Waals surface area contributed by atoms with Crippen molar-refractivity contribution in [2.24, 2.45) is 12.0 Å². The summed E-state index contributed by atoms with van der Waals surface area (Å²) in [6.07, 6.45) is 3.38. The van der Waals surface area contributed by atoms with Gasteiger partial charge in [-0.15, -0.1) is 24.0 Å². The first-order valence-electron chi connectivity index (χ1n) is 9.95. The lowest BCUT2D eigenvalue weighted by Crippen LogP contribution is -2.49. The van der Waals surface area contributed by atoms with Gasteiger partial charge >= 0.3 is 6.09 Å². The van der Waals surface area contributed by atoms with E-state index in [4.69, 9.17) is 9.73 Å². The van der Waals surface area contributed by atoms with Crippen molar-refractivity contribution >= 4 is 36.0 Å². The summed E-state index contributed by atoms with van der Waals surface area (Å²) in [4.78, 5) is 18.2. The maximum absolute atomic E-state index is 11.6. The number of methoxy groups -OCH3 is 1. The van der Waals surface area contributed by atoms with Gasteiger partial charge in [0.25, 0.3) is 0 Å². The quantitative estimate of drug-likeness (QED) is 0.352. The summed E-state index contributed by atoms with van der Waals surface area (Å²) >= 11 is 0. The normalized spacial score (nSPS) is 15.2. The Morgan fingerprint density at radius 2 is 1.93 bits per heavy atom. The number of nitrogens with one attached hydrogen (secondary N) is 2. The SMILES string of the molecule is CCNC(=NCc1c(CC)nn(C)c1CC)NC1CCN(C(=O)OC)CC1.I. The maximum atomic E-state index is 11.6. The van der Waals surface area contributed by atoms with Crippen LogP contribution in [0.5, 0.6) is 0 Å². The molecule has 0 saturated carbocycles. The van der Waals surface area contributed by atoms with Crippen LogP contribution in [0.15, 0.2) is 4.99 Å². The standard InChI is InChI=1S/C19H34N6O2.HI/c1-6-16-15(17(7-2)24(4)23-16)13-21-18(20-8-3)22-14-9-11-25(12-10-14)19(26)27-5;/h14H,6-13H2,1-5H3,(H2,20,21,22);1H. The van der Waals surface area contributed by atoms with Crippen LogP contribution in [0.4, 0.5) is 4.79 Å². The van der Waals surface area contributed by atoms with Crippen LogP contribution >= 0.6 is 24.0 Å². The monoisotopic (exact) mass is 506 g/mol. The number of carbonyl (C=O) groups is 1. The van der Waals surface area contributed by atoms with Gasteiger partial charge in [-0.3, -0.25) is 4.68 Å². The largest absolute Gasteiger partial charge is 0.453 e. The molecule has 160 valence electrons. The molecule has 0 spiro atoms. The summed E-state index contributed by atoms with van der Waals surface area (Å²) in [6.45, 7) is 9.18. The minimum atomic E-state index is -0.246. The second-order valence-electron chi connectivity index (χ2n) is 6.77. The lowest BCUT2D eigenvalue weighted by atomic mass is 10.1. The molecule has 1 saturated heterocycles. The molecule has 1 fully saturated rings. The number of ether oxygens (including phenoxy) is 1. The molecule has 0 unspecified atom stereocenters. The average molecular weight is 506 g/mol. The summed E-state index contributed by atoms with van der Waals surface area (Å²) in [7, 11) is 3.43. The van der Waals surface area contributed by atoms with Crippen LogP contribution in [0.3, 0.4) is 0 Å². The van der Waals surface area contributed by atoms with E-state index in [9.17, 15) is 4.79 Å². The maximum Gasteiger partial charge on any atom is 0.409 e. The predicted molar refractivity (Wildman–Crippen MR) is 122 cm³/mol. The smallest absolute Gasteiger partial charge is 0.409 e. The zero-order valence-electron chi connectivity index (χ0n) is 17.7. The number of likely N-dealkylation sites (tertiary alicyclic amines) is 1. The van der Waals surface area contributed by atoms with E-state index in [-0.39, 0.29) is 30.1 Å². The fourth-order valence-electron chi connectivity index (χ4n) is 3.58. The number of nitrogens with zero attached hydrogens (tertiary/aromatic N) is 4. The van der Waals surface area contributed by atoms with E-state index in [0.717, 1.165) is 43.9 Å². The summed E-state index contributed by atoms with van der Waals surface area (Å²) in [5.41, 5.74) is 3.61. The van der Waals surface area contributed by atoms with Crippen molar-refractivity contribution in [2.75, 3.05) is 26.7 Å². The molecular weight excluding hydrogens is 471 g/mol. The Balaban J connectivity index is 0.00000392. The van der Waals surface area contributed by atoms with E-state index in [1.165, 1.54) is 18.4 Å². The number of aliphatic imine (C=N–C) groups is 1. The third kappa shape index (κ3) is 6.25.